The fourth-order valence-electron chi connectivity index (χ4n) is 4.13. The van der Waals surface area contributed by atoms with Crippen LogP contribution in [0, 0.1) is 27.2 Å². The Morgan fingerprint density at radius 1 is 0.768 bits per heavy atom. The molecule has 0 unspecified atom stereocenters. The number of aliphatic imine (C=N–C) groups is 1. The normalized spacial score (nSPS) is 10.9. The first-order valence-electron chi connectivity index (χ1n) is 13.8. The van der Waals surface area contributed by atoms with Crippen LogP contribution in [0.25, 0.3) is 5.69 Å². The van der Waals surface area contributed by atoms with Gasteiger partial charge in [0.1, 0.15) is 32.5 Å². The summed E-state index contributed by atoms with van der Waals surface area (Å²) < 4.78 is 64.4. The van der Waals surface area contributed by atoms with Crippen molar-refractivity contribution in [2.75, 3.05) is 0 Å². The van der Waals surface area contributed by atoms with Gasteiger partial charge in [0.15, 0.2) is 11.5 Å². The maximum Gasteiger partial charge on any atom is 1.00 e. The third-order valence-corrected chi connectivity index (χ3v) is 8.32. The third kappa shape index (κ3) is 13.1. The van der Waals surface area contributed by atoms with E-state index in [1.165, 1.54) is 19.1 Å². The van der Waals surface area contributed by atoms with E-state index in [0.29, 0.717) is 17.8 Å². The van der Waals surface area contributed by atoms with E-state index in [1.54, 1.807) is 42.5 Å². The minimum atomic E-state index is -4.98. The summed E-state index contributed by atoms with van der Waals surface area (Å²) in [6, 6.07) is 17.0. The number of phenols is 3. The van der Waals surface area contributed by atoms with Crippen LogP contribution in [0.1, 0.15) is 11.3 Å². The molecule has 21 nitrogen and oxygen atoms in total. The molecule has 0 saturated carbocycles. The predicted octanol–water partition coefficient (Wildman–Crippen LogP) is -4.45. The van der Waals surface area contributed by atoms with Crippen LogP contribution in [-0.2, 0) is 37.6 Å². The molecule has 0 atom stereocenters. The molecule has 0 fully saturated rings. The Bertz CT molecular complexity index is 2570. The summed E-state index contributed by atoms with van der Waals surface area (Å²) in [5.74, 6) is -2.12. The van der Waals surface area contributed by atoms with Gasteiger partial charge in [0, 0.05) is 53.4 Å². The molecule has 5 N–H and O–H groups in total. The number of hydrogen-bond donors (Lipinski definition) is 5. The number of para-hydroxylation sites is 2. The molecule has 56 heavy (non-hydrogen) atoms. The maximum atomic E-state index is 12.5. The minimum absolute atomic E-state index is 0. The summed E-state index contributed by atoms with van der Waals surface area (Å²) in [6.07, 6.45) is 1.09. The predicted molar refractivity (Wildman–Crippen MR) is 179 cm³/mol. The fraction of sp³-hybridized carbons (Fsp3) is 0.0345. The van der Waals surface area contributed by atoms with Gasteiger partial charge >= 0.3 is 88.7 Å². The van der Waals surface area contributed by atoms with Crippen LogP contribution < -0.4 is 94.2 Å². The van der Waals surface area contributed by atoms with Crippen molar-refractivity contribution in [1.29, 1.82) is 0 Å². The first-order chi connectivity index (χ1) is 24.3. The van der Waals surface area contributed by atoms with E-state index < -0.39 is 79.7 Å². The monoisotopic (exact) mass is 877 g/mol. The summed E-state index contributed by atoms with van der Waals surface area (Å²) in [5.41, 5.74) is -2.48. The van der Waals surface area contributed by atoms with Crippen molar-refractivity contribution >= 4 is 54.9 Å². The van der Waals surface area contributed by atoms with Crippen molar-refractivity contribution in [2.45, 2.75) is 16.7 Å². The first-order valence-corrected chi connectivity index (χ1v) is 16.7. The molecule has 5 aromatic rings. The Kier molecular flexibility index (Phi) is 20.7. The molecule has 1 heterocycles. The van der Waals surface area contributed by atoms with E-state index >= 15 is 0 Å². The Hall–Kier alpha value is -3.29. The second kappa shape index (κ2) is 22.0. The molecule has 0 spiro atoms. The Morgan fingerprint density at radius 3 is 1.71 bits per heavy atom. The van der Waals surface area contributed by atoms with Crippen molar-refractivity contribution < 1.29 is 157 Å². The minimum Gasteiger partial charge on any atom is -0.507 e. The van der Waals surface area contributed by atoms with Crippen molar-refractivity contribution in [1.82, 2.24) is 9.78 Å². The molecule has 0 saturated heterocycles. The van der Waals surface area contributed by atoms with Gasteiger partial charge in [0.05, 0.1) is 15.5 Å². The number of hydrogen-bond acceptors (Lipinski definition) is 16. The van der Waals surface area contributed by atoms with Crippen LogP contribution in [-0.4, -0.2) is 67.1 Å². The summed E-state index contributed by atoms with van der Waals surface area (Å²) in [6.45, 7) is 1.48. The molecule has 4 aromatic carbocycles. The molecular formula is C29H22CrN7Na3O14S2+2. The second-order valence-electron chi connectivity index (χ2n) is 10.1. The number of phenolic OH excluding ortho intramolecular Hbond substituents is 3. The van der Waals surface area contributed by atoms with Crippen molar-refractivity contribution in [3.05, 3.63) is 121 Å². The van der Waals surface area contributed by atoms with E-state index in [1.807, 2.05) is 0 Å². The number of nitro benzene ring substituents is 2. The summed E-state index contributed by atoms with van der Waals surface area (Å²) >= 11 is 0. The molecule has 0 aliphatic carbocycles. The number of non-ortho nitro benzene ring substituents is 2. The SMILES string of the molecule is Cc1nn(-c2ccccc2)c(=O)[c-]1N=Nc1cc([N+](=O)[O-])cc(S(=O)(=O)O)c1O.O=[N+]([O-])c1cc(N=Cc2ccccc2O)c(O)c(S(=O)(=O)O)c1.[Cr].[Na+].[Na+].[Na+]. The smallest absolute Gasteiger partial charge is 0.507 e. The molecule has 0 bridgehead atoms. The first kappa shape index (κ1) is 52.7. The van der Waals surface area contributed by atoms with E-state index in [4.69, 9.17) is 9.11 Å². The van der Waals surface area contributed by atoms with E-state index in [-0.39, 0.29) is 129 Å². The Labute approximate surface area is 393 Å². The van der Waals surface area contributed by atoms with E-state index in [0.717, 1.165) is 23.0 Å². The van der Waals surface area contributed by atoms with Gasteiger partial charge in [0.25, 0.3) is 31.6 Å². The molecule has 0 radical (unpaired) electrons. The zero-order valence-corrected chi connectivity index (χ0v) is 38.3. The number of benzene rings is 4. The standard InChI is InChI=1S/C16H12N5O7S.C13H10N2O7S.Cr.3Na/c1-9-14(16(23)20(19-9)10-5-3-2-4-6-10)18-17-12-7-11(21(24)25)8-13(15(12)22)29(26,27)28;16-11-4-2-1-3-8(11)7-14-10-5-9(15(18)19)6-12(13(10)17)23(20,21)22;;;;/h2-8,22H,1H3,(H,26,27,28);1-7,16-17H,(H,20,21,22);;;;/q-1;;;3*+1. The van der Waals surface area contributed by atoms with Crippen molar-refractivity contribution in [3.63, 3.8) is 0 Å². The van der Waals surface area contributed by atoms with Crippen molar-refractivity contribution in [2.24, 2.45) is 15.2 Å². The average molecular weight is 878 g/mol. The number of nitrogens with zero attached hydrogens (tertiary/aromatic N) is 7. The van der Waals surface area contributed by atoms with Gasteiger partial charge in [-0.2, -0.15) is 21.9 Å². The number of aryl methyl sites for hydroxylation is 1. The largest absolute Gasteiger partial charge is 1.00 e. The summed E-state index contributed by atoms with van der Waals surface area (Å²) in [5, 5.41) is 62.6. The van der Waals surface area contributed by atoms with Crippen LogP contribution >= 0.6 is 0 Å². The number of azo groups is 1. The number of nitro groups is 2. The zero-order valence-electron chi connectivity index (χ0n) is 29.3. The molecule has 276 valence electrons. The second-order valence-corrected chi connectivity index (χ2v) is 12.9. The van der Waals surface area contributed by atoms with Gasteiger partial charge in [0.2, 0.25) is 0 Å². The van der Waals surface area contributed by atoms with E-state index in [9.17, 15) is 57.2 Å². The number of aromatic hydroxyl groups is 3. The van der Waals surface area contributed by atoms with Crippen LogP contribution in [0.5, 0.6) is 17.2 Å². The Morgan fingerprint density at radius 2 is 1.23 bits per heavy atom. The van der Waals surface area contributed by atoms with Crippen LogP contribution in [0.3, 0.4) is 0 Å². The van der Waals surface area contributed by atoms with Gasteiger partial charge in [-0.15, -0.1) is 5.69 Å². The van der Waals surface area contributed by atoms with Crippen LogP contribution in [0.2, 0.25) is 0 Å². The molecule has 5 rings (SSSR count). The quantitative estimate of drug-likeness (QED) is 0.0177. The maximum absolute atomic E-state index is 12.5. The summed E-state index contributed by atoms with van der Waals surface area (Å²) in [7, 11) is -9.86. The molecular weight excluding hydrogens is 855 g/mol. The molecule has 0 amide bonds. The van der Waals surface area contributed by atoms with Gasteiger partial charge in [-0.05, 0) is 24.3 Å². The topological polar surface area (TPSA) is 328 Å². The zero-order chi connectivity index (χ0) is 38.5. The molecule has 0 aliphatic rings. The fourth-order valence-corrected chi connectivity index (χ4v) is 5.37. The molecule has 27 heteroatoms. The third-order valence-electron chi connectivity index (χ3n) is 6.58. The molecule has 0 aliphatic heterocycles. The van der Waals surface area contributed by atoms with Crippen LogP contribution in [0.15, 0.2) is 109 Å². The van der Waals surface area contributed by atoms with E-state index in [2.05, 4.69) is 20.3 Å². The van der Waals surface area contributed by atoms with Gasteiger partial charge in [-0.3, -0.25) is 34.3 Å². The average Bonchev–Trinajstić information content (AvgIpc) is 3.36. The van der Waals surface area contributed by atoms with Gasteiger partial charge < -0.3 is 25.2 Å². The van der Waals surface area contributed by atoms with Gasteiger partial charge in [-0.1, -0.05) is 42.9 Å². The van der Waals surface area contributed by atoms with Crippen LogP contribution in [0.4, 0.5) is 28.4 Å². The number of rotatable bonds is 9. The Balaban J connectivity index is 0.00000103. The van der Waals surface area contributed by atoms with Gasteiger partial charge in [-0.25, -0.2) is 9.78 Å². The summed E-state index contributed by atoms with van der Waals surface area (Å²) in [4.78, 5) is 34.1. The van der Waals surface area contributed by atoms with Crippen molar-refractivity contribution in [3.8, 4) is 22.9 Å². The number of aromatic nitrogens is 2. The molecule has 1 aromatic heterocycles.